The van der Waals surface area contributed by atoms with Crippen LogP contribution in [0.15, 0.2) is 29.0 Å². The average molecular weight is 360 g/mol. The maximum Gasteiger partial charge on any atom is 0.276 e. The molecule has 3 rings (SSSR count). The Balaban J connectivity index is 1.82. The SMILES string of the molecule is Cc1nc(C(=O)Nc2nc(-c3ccc(C)c([N+](=O)[O-])c3)cs2)cs1. The van der Waals surface area contributed by atoms with Crippen LogP contribution in [0.1, 0.15) is 21.1 Å². The maximum absolute atomic E-state index is 12.1. The molecule has 1 aromatic carbocycles. The Hall–Kier alpha value is -2.65. The van der Waals surface area contributed by atoms with Gasteiger partial charge in [-0.15, -0.1) is 22.7 Å². The molecule has 2 aromatic heterocycles. The second-order valence-electron chi connectivity index (χ2n) is 5.00. The summed E-state index contributed by atoms with van der Waals surface area (Å²) >= 11 is 2.65. The lowest BCUT2D eigenvalue weighted by molar-refractivity contribution is -0.385. The number of nitrogens with zero attached hydrogens (tertiary/aromatic N) is 3. The molecule has 0 aliphatic carbocycles. The van der Waals surface area contributed by atoms with Gasteiger partial charge >= 0.3 is 0 Å². The number of benzene rings is 1. The molecule has 0 atom stereocenters. The Bertz CT molecular complexity index is 932. The van der Waals surface area contributed by atoms with Crippen molar-refractivity contribution in [2.75, 3.05) is 5.32 Å². The highest BCUT2D eigenvalue weighted by Gasteiger charge is 2.15. The summed E-state index contributed by atoms with van der Waals surface area (Å²) in [6.07, 6.45) is 0. The lowest BCUT2D eigenvalue weighted by Crippen LogP contribution is -2.12. The van der Waals surface area contributed by atoms with Gasteiger partial charge in [-0.05, 0) is 13.8 Å². The molecule has 0 fully saturated rings. The summed E-state index contributed by atoms with van der Waals surface area (Å²) in [5, 5.41) is 18.4. The minimum Gasteiger partial charge on any atom is -0.296 e. The molecule has 7 nitrogen and oxygen atoms in total. The standard InChI is InChI=1S/C15H12N4O3S2/c1-8-3-4-10(5-13(8)19(21)22)11-6-24-15(17-11)18-14(20)12-7-23-9(2)16-12/h3-7H,1-2H3,(H,17,18,20). The smallest absolute Gasteiger partial charge is 0.276 e. The highest BCUT2D eigenvalue weighted by Crippen LogP contribution is 2.29. The number of carbonyl (C=O) groups excluding carboxylic acids is 1. The van der Waals surface area contributed by atoms with Crippen molar-refractivity contribution in [1.29, 1.82) is 0 Å². The van der Waals surface area contributed by atoms with Gasteiger partial charge in [-0.3, -0.25) is 20.2 Å². The van der Waals surface area contributed by atoms with E-state index < -0.39 is 4.92 Å². The van der Waals surface area contributed by atoms with Crippen LogP contribution in [0.5, 0.6) is 0 Å². The summed E-state index contributed by atoms with van der Waals surface area (Å²) in [5.41, 5.74) is 2.19. The van der Waals surface area contributed by atoms with E-state index in [2.05, 4.69) is 15.3 Å². The summed E-state index contributed by atoms with van der Waals surface area (Å²) in [5.74, 6) is -0.324. The van der Waals surface area contributed by atoms with Crippen LogP contribution in [-0.4, -0.2) is 20.8 Å². The van der Waals surface area contributed by atoms with E-state index in [1.54, 1.807) is 29.8 Å². The van der Waals surface area contributed by atoms with Gasteiger partial charge in [0, 0.05) is 28.0 Å². The Kier molecular flexibility index (Phi) is 4.36. The Labute approximate surface area is 145 Å². The molecule has 3 aromatic rings. The van der Waals surface area contributed by atoms with Gasteiger partial charge in [-0.1, -0.05) is 12.1 Å². The molecule has 2 heterocycles. The van der Waals surface area contributed by atoms with E-state index in [0.717, 1.165) is 5.01 Å². The Morgan fingerprint density at radius 3 is 2.67 bits per heavy atom. The van der Waals surface area contributed by atoms with E-state index in [0.29, 0.717) is 27.6 Å². The molecule has 1 N–H and O–H groups in total. The first-order valence-corrected chi connectivity index (χ1v) is 8.64. The van der Waals surface area contributed by atoms with Crippen LogP contribution in [0.3, 0.4) is 0 Å². The zero-order valence-corrected chi connectivity index (χ0v) is 14.4. The lowest BCUT2D eigenvalue weighted by Gasteiger charge is -2.00. The third-order valence-electron chi connectivity index (χ3n) is 3.28. The fourth-order valence-electron chi connectivity index (χ4n) is 2.06. The second kappa shape index (κ2) is 6.46. The predicted octanol–water partition coefficient (Wildman–Crippen LogP) is 4.04. The molecule has 1 amide bonds. The number of nitrogens with one attached hydrogen (secondary N) is 1. The van der Waals surface area contributed by atoms with E-state index >= 15 is 0 Å². The average Bonchev–Trinajstić information content (AvgIpc) is 3.16. The molecule has 0 radical (unpaired) electrons. The maximum atomic E-state index is 12.1. The number of amides is 1. The van der Waals surface area contributed by atoms with Crippen LogP contribution >= 0.6 is 22.7 Å². The van der Waals surface area contributed by atoms with Crippen LogP contribution in [0.25, 0.3) is 11.3 Å². The van der Waals surface area contributed by atoms with E-state index in [1.165, 1.54) is 28.7 Å². The molecule has 0 spiro atoms. The number of carbonyl (C=O) groups is 1. The van der Waals surface area contributed by atoms with E-state index in [4.69, 9.17) is 0 Å². The summed E-state index contributed by atoms with van der Waals surface area (Å²) < 4.78 is 0. The lowest BCUT2D eigenvalue weighted by atomic mass is 10.1. The molecular formula is C15H12N4O3S2. The second-order valence-corrected chi connectivity index (χ2v) is 6.92. The fraction of sp³-hybridized carbons (Fsp3) is 0.133. The zero-order chi connectivity index (χ0) is 17.3. The third-order valence-corrected chi connectivity index (χ3v) is 4.81. The van der Waals surface area contributed by atoms with Gasteiger partial charge in [0.1, 0.15) is 5.69 Å². The van der Waals surface area contributed by atoms with Crippen molar-refractivity contribution in [3.63, 3.8) is 0 Å². The minimum absolute atomic E-state index is 0.0454. The van der Waals surface area contributed by atoms with Gasteiger partial charge in [0.15, 0.2) is 5.13 Å². The van der Waals surface area contributed by atoms with Gasteiger partial charge in [0.25, 0.3) is 11.6 Å². The molecule has 0 aliphatic heterocycles. The summed E-state index contributed by atoms with van der Waals surface area (Å²) in [6, 6.07) is 4.94. The molecule has 24 heavy (non-hydrogen) atoms. The number of hydrogen-bond donors (Lipinski definition) is 1. The Morgan fingerprint density at radius 1 is 1.21 bits per heavy atom. The fourth-order valence-corrected chi connectivity index (χ4v) is 3.37. The van der Waals surface area contributed by atoms with Crippen molar-refractivity contribution in [3.8, 4) is 11.3 Å². The first-order chi connectivity index (χ1) is 11.4. The monoisotopic (exact) mass is 360 g/mol. The number of nitro groups is 1. The largest absolute Gasteiger partial charge is 0.296 e. The van der Waals surface area contributed by atoms with Gasteiger partial charge in [-0.2, -0.15) is 0 Å². The van der Waals surface area contributed by atoms with E-state index in [-0.39, 0.29) is 11.6 Å². The van der Waals surface area contributed by atoms with Crippen molar-refractivity contribution in [2.45, 2.75) is 13.8 Å². The molecule has 0 unspecified atom stereocenters. The van der Waals surface area contributed by atoms with Gasteiger partial charge in [0.05, 0.1) is 15.6 Å². The number of anilines is 1. The third kappa shape index (κ3) is 3.31. The molecule has 0 aliphatic rings. The van der Waals surface area contributed by atoms with Crippen LogP contribution < -0.4 is 5.32 Å². The molecular weight excluding hydrogens is 348 g/mol. The van der Waals surface area contributed by atoms with Crippen LogP contribution in [0.2, 0.25) is 0 Å². The number of aromatic nitrogens is 2. The van der Waals surface area contributed by atoms with Gasteiger partial charge < -0.3 is 0 Å². The summed E-state index contributed by atoms with van der Waals surface area (Å²) in [6.45, 7) is 3.51. The van der Waals surface area contributed by atoms with E-state index in [9.17, 15) is 14.9 Å². The van der Waals surface area contributed by atoms with Crippen molar-refractivity contribution < 1.29 is 9.72 Å². The topological polar surface area (TPSA) is 98.0 Å². The summed E-state index contributed by atoms with van der Waals surface area (Å²) in [7, 11) is 0. The number of nitro benzene ring substituents is 1. The van der Waals surface area contributed by atoms with Crippen LogP contribution in [0, 0.1) is 24.0 Å². The van der Waals surface area contributed by atoms with Crippen LogP contribution in [0.4, 0.5) is 10.8 Å². The van der Waals surface area contributed by atoms with Crippen LogP contribution in [-0.2, 0) is 0 Å². The molecule has 9 heteroatoms. The molecule has 0 bridgehead atoms. The van der Waals surface area contributed by atoms with Crippen molar-refractivity contribution in [2.24, 2.45) is 0 Å². The first kappa shape index (κ1) is 16.2. The van der Waals surface area contributed by atoms with Crippen molar-refractivity contribution in [3.05, 3.63) is 55.3 Å². The first-order valence-electron chi connectivity index (χ1n) is 6.88. The normalized spacial score (nSPS) is 10.6. The number of thiazole rings is 2. The summed E-state index contributed by atoms with van der Waals surface area (Å²) in [4.78, 5) is 31.1. The minimum atomic E-state index is -0.418. The molecule has 0 saturated heterocycles. The van der Waals surface area contributed by atoms with Gasteiger partial charge in [-0.25, -0.2) is 9.97 Å². The molecule has 0 saturated carbocycles. The number of rotatable bonds is 4. The highest BCUT2D eigenvalue weighted by molar-refractivity contribution is 7.14. The Morgan fingerprint density at radius 2 is 2.00 bits per heavy atom. The van der Waals surface area contributed by atoms with E-state index in [1.807, 2.05) is 6.92 Å². The zero-order valence-electron chi connectivity index (χ0n) is 12.8. The number of hydrogen-bond acceptors (Lipinski definition) is 7. The quantitative estimate of drug-likeness (QED) is 0.559. The molecule has 122 valence electrons. The van der Waals surface area contributed by atoms with Gasteiger partial charge in [0.2, 0.25) is 0 Å². The predicted molar refractivity (Wildman–Crippen MR) is 93.7 cm³/mol. The van der Waals surface area contributed by atoms with Crippen molar-refractivity contribution >= 4 is 39.4 Å². The highest BCUT2D eigenvalue weighted by atomic mass is 32.1. The van der Waals surface area contributed by atoms with Crippen molar-refractivity contribution in [1.82, 2.24) is 9.97 Å². The number of aryl methyl sites for hydroxylation is 2.